The predicted molar refractivity (Wildman–Crippen MR) is 93.0 cm³/mol. The molecule has 1 saturated heterocycles. The number of benzene rings is 2. The van der Waals surface area contributed by atoms with Crippen molar-refractivity contribution < 1.29 is 9.18 Å². The van der Waals surface area contributed by atoms with E-state index in [-0.39, 0.29) is 11.7 Å². The monoisotopic (exact) mass is 326 g/mol. The van der Waals surface area contributed by atoms with Gasteiger partial charge in [0.1, 0.15) is 5.82 Å². The molecular weight excluding hydrogens is 311 g/mol. The molecule has 0 atom stereocenters. The number of halogens is 1. The van der Waals surface area contributed by atoms with Crippen molar-refractivity contribution in [1.29, 1.82) is 0 Å². The fraction of sp³-hybridized carbons (Fsp3) is 0.111. The van der Waals surface area contributed by atoms with Gasteiger partial charge in [-0.15, -0.1) is 0 Å². The van der Waals surface area contributed by atoms with Crippen LogP contribution in [0.15, 0.2) is 58.4 Å². The van der Waals surface area contributed by atoms with E-state index in [1.54, 1.807) is 18.2 Å². The van der Waals surface area contributed by atoms with Crippen LogP contribution in [0, 0.1) is 5.82 Å². The van der Waals surface area contributed by atoms with Gasteiger partial charge in [-0.2, -0.15) is 0 Å². The van der Waals surface area contributed by atoms with Gasteiger partial charge in [-0.3, -0.25) is 4.79 Å². The summed E-state index contributed by atoms with van der Waals surface area (Å²) in [6, 6.07) is 14.0. The molecule has 2 aromatic rings. The molecule has 0 saturated carbocycles. The molecule has 0 spiro atoms. The van der Waals surface area contributed by atoms with Crippen molar-refractivity contribution in [3.05, 3.63) is 70.4 Å². The average molecular weight is 326 g/mol. The van der Waals surface area contributed by atoms with Gasteiger partial charge in [-0.25, -0.2) is 9.38 Å². The largest absolute Gasteiger partial charge is 0.300 e. The van der Waals surface area contributed by atoms with Crippen molar-refractivity contribution in [2.75, 3.05) is 0 Å². The molecule has 0 unspecified atom stereocenters. The van der Waals surface area contributed by atoms with Crippen LogP contribution in [0.25, 0.3) is 6.08 Å². The lowest BCUT2D eigenvalue weighted by Crippen LogP contribution is -2.19. The summed E-state index contributed by atoms with van der Waals surface area (Å²) in [6.07, 6.45) is 2.63. The maximum Gasteiger partial charge on any atom is 0.264 e. The second kappa shape index (κ2) is 6.79. The molecular formula is C18H15FN2OS. The number of nitrogens with one attached hydrogen (secondary N) is 1. The van der Waals surface area contributed by atoms with Crippen molar-refractivity contribution in [3.63, 3.8) is 0 Å². The Bertz CT molecular complexity index is 797. The fourth-order valence-electron chi connectivity index (χ4n) is 2.15. The van der Waals surface area contributed by atoms with E-state index in [1.807, 2.05) is 24.3 Å². The second-order valence-electron chi connectivity index (χ2n) is 5.06. The van der Waals surface area contributed by atoms with Crippen molar-refractivity contribution in [2.24, 2.45) is 4.99 Å². The third-order valence-corrected chi connectivity index (χ3v) is 4.28. The van der Waals surface area contributed by atoms with Crippen LogP contribution >= 0.6 is 11.8 Å². The van der Waals surface area contributed by atoms with E-state index >= 15 is 0 Å². The SMILES string of the molecule is CCc1ccc(N=C2NC(=O)/C(=C/c3cccc(F)c3)S2)cc1. The maximum atomic E-state index is 13.2. The standard InChI is InChI=1S/C18H15FN2OS/c1-2-12-6-8-15(9-7-12)20-18-21-17(22)16(23-18)11-13-4-3-5-14(19)10-13/h3-11H,2H2,1H3,(H,20,21,22)/b16-11-. The minimum Gasteiger partial charge on any atom is -0.300 e. The summed E-state index contributed by atoms with van der Waals surface area (Å²) >= 11 is 1.25. The molecule has 1 fully saturated rings. The molecule has 0 bridgehead atoms. The fourth-order valence-corrected chi connectivity index (χ4v) is 2.99. The molecule has 23 heavy (non-hydrogen) atoms. The summed E-state index contributed by atoms with van der Waals surface area (Å²) in [7, 11) is 0. The Morgan fingerprint density at radius 1 is 1.22 bits per heavy atom. The van der Waals surface area contributed by atoms with Crippen LogP contribution in [0.5, 0.6) is 0 Å². The third kappa shape index (κ3) is 3.87. The molecule has 116 valence electrons. The number of aryl methyl sites for hydroxylation is 1. The number of carbonyl (C=O) groups is 1. The molecule has 2 aromatic carbocycles. The number of rotatable bonds is 3. The Morgan fingerprint density at radius 3 is 2.70 bits per heavy atom. The summed E-state index contributed by atoms with van der Waals surface area (Å²) < 4.78 is 13.2. The lowest BCUT2D eigenvalue weighted by atomic mass is 10.2. The van der Waals surface area contributed by atoms with Crippen LogP contribution < -0.4 is 5.32 Å². The molecule has 1 amide bonds. The summed E-state index contributed by atoms with van der Waals surface area (Å²) in [4.78, 5) is 16.9. The summed E-state index contributed by atoms with van der Waals surface area (Å²) in [5, 5.41) is 3.26. The van der Waals surface area contributed by atoms with Gasteiger partial charge in [0.05, 0.1) is 10.6 Å². The van der Waals surface area contributed by atoms with Gasteiger partial charge < -0.3 is 5.32 Å². The molecule has 0 radical (unpaired) electrons. The maximum absolute atomic E-state index is 13.2. The van der Waals surface area contributed by atoms with Crippen molar-refractivity contribution >= 4 is 34.6 Å². The first kappa shape index (κ1) is 15.5. The van der Waals surface area contributed by atoms with Gasteiger partial charge in [-0.05, 0) is 59.7 Å². The molecule has 0 aliphatic carbocycles. The van der Waals surface area contributed by atoms with Crippen LogP contribution in [-0.4, -0.2) is 11.1 Å². The van der Waals surface area contributed by atoms with E-state index in [0.29, 0.717) is 15.6 Å². The third-order valence-electron chi connectivity index (χ3n) is 3.37. The number of nitrogens with zero attached hydrogens (tertiary/aromatic N) is 1. The average Bonchev–Trinajstić information content (AvgIpc) is 2.87. The Balaban J connectivity index is 1.80. The Labute approximate surface area is 138 Å². The second-order valence-corrected chi connectivity index (χ2v) is 6.09. The lowest BCUT2D eigenvalue weighted by molar-refractivity contribution is -0.115. The summed E-state index contributed by atoms with van der Waals surface area (Å²) in [6.45, 7) is 2.09. The number of carbonyl (C=O) groups excluding carboxylic acids is 1. The first-order chi connectivity index (χ1) is 11.1. The zero-order valence-electron chi connectivity index (χ0n) is 12.5. The highest BCUT2D eigenvalue weighted by Gasteiger charge is 2.23. The van der Waals surface area contributed by atoms with Gasteiger partial charge in [0.15, 0.2) is 5.17 Å². The van der Waals surface area contributed by atoms with Gasteiger partial charge >= 0.3 is 0 Å². The molecule has 1 aliphatic rings. The Hall–Kier alpha value is -2.40. The van der Waals surface area contributed by atoms with Gasteiger partial charge in [0, 0.05) is 0 Å². The van der Waals surface area contributed by atoms with E-state index in [1.165, 1.54) is 29.5 Å². The molecule has 1 N–H and O–H groups in total. The first-order valence-electron chi connectivity index (χ1n) is 7.28. The zero-order valence-corrected chi connectivity index (χ0v) is 13.4. The molecule has 0 aromatic heterocycles. The zero-order chi connectivity index (χ0) is 16.2. The molecule has 5 heteroatoms. The van der Waals surface area contributed by atoms with E-state index in [2.05, 4.69) is 17.2 Å². The summed E-state index contributed by atoms with van der Waals surface area (Å²) in [5.74, 6) is -0.546. The number of amidine groups is 1. The van der Waals surface area contributed by atoms with Gasteiger partial charge in [-0.1, -0.05) is 31.2 Å². The van der Waals surface area contributed by atoms with E-state index in [9.17, 15) is 9.18 Å². The van der Waals surface area contributed by atoms with Gasteiger partial charge in [0.2, 0.25) is 0 Å². The van der Waals surface area contributed by atoms with Crippen LogP contribution in [-0.2, 0) is 11.2 Å². The van der Waals surface area contributed by atoms with Crippen molar-refractivity contribution in [2.45, 2.75) is 13.3 Å². The smallest absolute Gasteiger partial charge is 0.264 e. The number of aliphatic imine (C=N–C) groups is 1. The Kier molecular flexibility index (Phi) is 4.57. The molecule has 1 heterocycles. The first-order valence-corrected chi connectivity index (χ1v) is 8.10. The molecule has 1 aliphatic heterocycles. The van der Waals surface area contributed by atoms with Crippen LogP contribution in [0.2, 0.25) is 0 Å². The number of thioether (sulfide) groups is 1. The topological polar surface area (TPSA) is 41.5 Å². The number of hydrogen-bond donors (Lipinski definition) is 1. The highest BCUT2D eigenvalue weighted by atomic mass is 32.2. The van der Waals surface area contributed by atoms with Crippen molar-refractivity contribution in [1.82, 2.24) is 5.32 Å². The minimum atomic E-state index is -0.326. The highest BCUT2D eigenvalue weighted by Crippen LogP contribution is 2.28. The van der Waals surface area contributed by atoms with Crippen molar-refractivity contribution in [3.8, 4) is 0 Å². The summed E-state index contributed by atoms with van der Waals surface area (Å²) in [5.41, 5.74) is 2.68. The van der Waals surface area contributed by atoms with Gasteiger partial charge in [0.25, 0.3) is 5.91 Å². The quantitative estimate of drug-likeness (QED) is 0.855. The molecule has 3 nitrogen and oxygen atoms in total. The van der Waals surface area contributed by atoms with Crippen LogP contribution in [0.4, 0.5) is 10.1 Å². The highest BCUT2D eigenvalue weighted by molar-refractivity contribution is 8.18. The van der Waals surface area contributed by atoms with E-state index in [0.717, 1.165) is 12.1 Å². The van der Waals surface area contributed by atoms with Crippen LogP contribution in [0.1, 0.15) is 18.1 Å². The minimum absolute atomic E-state index is 0.219. The normalized spacial score (nSPS) is 17.7. The Morgan fingerprint density at radius 2 is 2.00 bits per heavy atom. The molecule has 3 rings (SSSR count). The number of amides is 1. The van der Waals surface area contributed by atoms with E-state index in [4.69, 9.17) is 0 Å². The lowest BCUT2D eigenvalue weighted by Gasteiger charge is -1.98. The predicted octanol–water partition coefficient (Wildman–Crippen LogP) is 4.28. The van der Waals surface area contributed by atoms with Crippen LogP contribution in [0.3, 0.4) is 0 Å². The number of hydrogen-bond acceptors (Lipinski definition) is 3. The van der Waals surface area contributed by atoms with E-state index < -0.39 is 0 Å².